The molecule has 1 fully saturated rings. The van der Waals surface area contributed by atoms with Gasteiger partial charge in [-0.15, -0.1) is 0 Å². The largest absolute Gasteiger partial charge is 0.373 e. The van der Waals surface area contributed by atoms with Crippen molar-refractivity contribution < 1.29 is 9.53 Å². The number of carbonyl (C=O) groups is 1. The van der Waals surface area contributed by atoms with Crippen LogP contribution in [0.3, 0.4) is 0 Å². The predicted molar refractivity (Wildman–Crippen MR) is 107 cm³/mol. The van der Waals surface area contributed by atoms with E-state index in [4.69, 9.17) is 4.74 Å². The molecule has 4 rings (SSSR count). The third kappa shape index (κ3) is 4.26. The normalized spacial score (nSPS) is 20.5. The number of hydrogen-bond donors (Lipinski definition) is 0. The Morgan fingerprint density at radius 2 is 1.93 bits per heavy atom. The summed E-state index contributed by atoms with van der Waals surface area (Å²) in [5.74, 6) is 0.151. The van der Waals surface area contributed by atoms with Crippen LogP contribution >= 0.6 is 0 Å². The zero-order chi connectivity index (χ0) is 19.7. The number of ketones is 1. The first-order chi connectivity index (χ1) is 13.5. The van der Waals surface area contributed by atoms with Crippen LogP contribution in [-0.2, 0) is 23.0 Å². The summed E-state index contributed by atoms with van der Waals surface area (Å²) >= 11 is 0. The van der Waals surface area contributed by atoms with Gasteiger partial charge in [-0.25, -0.2) is 0 Å². The fourth-order valence-corrected chi connectivity index (χ4v) is 3.84. The number of Topliss-reactive ketones (excluding diaryl/α,β-unsaturated/α-hetero) is 1. The molecule has 0 unspecified atom stereocenters. The van der Waals surface area contributed by atoms with Crippen LogP contribution in [0, 0.1) is 0 Å². The molecule has 0 radical (unpaired) electrons. The lowest BCUT2D eigenvalue weighted by molar-refractivity contribution is -0.123. The number of fused-ring (bicyclic) bond motifs is 1. The van der Waals surface area contributed by atoms with Crippen molar-refractivity contribution in [3.05, 3.63) is 42.4 Å². The van der Waals surface area contributed by atoms with Gasteiger partial charge in [0.2, 0.25) is 0 Å². The maximum atomic E-state index is 12.6. The molecule has 28 heavy (non-hydrogen) atoms. The molecule has 0 N–H and O–H groups in total. The molecule has 1 aliphatic heterocycles. The predicted octanol–water partition coefficient (Wildman–Crippen LogP) is 2.25. The van der Waals surface area contributed by atoms with E-state index in [9.17, 15) is 4.79 Å². The Labute approximate surface area is 164 Å². The van der Waals surface area contributed by atoms with Crippen LogP contribution in [0.2, 0.25) is 0 Å². The zero-order valence-corrected chi connectivity index (χ0v) is 16.5. The number of morpholine rings is 1. The van der Waals surface area contributed by atoms with Crippen LogP contribution in [-0.4, -0.2) is 62.5 Å². The van der Waals surface area contributed by atoms with Crippen LogP contribution in [0.5, 0.6) is 0 Å². The van der Waals surface area contributed by atoms with Gasteiger partial charge in [-0.1, -0.05) is 6.07 Å². The monoisotopic (exact) mass is 379 g/mol. The minimum atomic E-state index is 0.151. The highest BCUT2D eigenvalue weighted by molar-refractivity contribution is 5.86. The molecule has 0 bridgehead atoms. The van der Waals surface area contributed by atoms with Gasteiger partial charge in [0, 0.05) is 37.3 Å². The second kappa shape index (κ2) is 7.77. The molecule has 3 heterocycles. The standard InChI is InChI=1S/C21H25N5O2/c1-14-10-26(11-15(2)28-14)13-20(27)8-19-7-17-6-16(4-5-21(17)24-23-19)18-9-22-25(3)12-18/h4-7,9,12,14-15H,8,10-11,13H2,1-3H3/t14-,15+. The molecule has 1 saturated heterocycles. The maximum absolute atomic E-state index is 12.6. The van der Waals surface area contributed by atoms with Gasteiger partial charge in [0.1, 0.15) is 0 Å². The van der Waals surface area contributed by atoms with Gasteiger partial charge in [0.25, 0.3) is 0 Å². The van der Waals surface area contributed by atoms with Crippen molar-refractivity contribution in [2.75, 3.05) is 19.6 Å². The molecule has 2 atom stereocenters. The summed E-state index contributed by atoms with van der Waals surface area (Å²) in [6.07, 6.45) is 4.42. The minimum absolute atomic E-state index is 0.151. The van der Waals surface area contributed by atoms with E-state index in [2.05, 4.69) is 26.3 Å². The molecule has 7 heteroatoms. The summed E-state index contributed by atoms with van der Waals surface area (Å²) in [5.41, 5.74) is 3.64. The van der Waals surface area contributed by atoms with E-state index >= 15 is 0 Å². The summed E-state index contributed by atoms with van der Waals surface area (Å²) in [6.45, 7) is 6.08. The Morgan fingerprint density at radius 3 is 2.64 bits per heavy atom. The minimum Gasteiger partial charge on any atom is -0.373 e. The van der Waals surface area contributed by atoms with Crippen molar-refractivity contribution in [2.45, 2.75) is 32.5 Å². The third-order valence-electron chi connectivity index (χ3n) is 4.95. The molecule has 0 saturated carbocycles. The lowest BCUT2D eigenvalue weighted by Gasteiger charge is -2.34. The Bertz CT molecular complexity index is 989. The lowest BCUT2D eigenvalue weighted by Crippen LogP contribution is -2.47. The number of carbonyl (C=O) groups excluding carboxylic acids is 1. The Hall–Kier alpha value is -2.64. The molecule has 146 valence electrons. The van der Waals surface area contributed by atoms with Gasteiger partial charge >= 0.3 is 0 Å². The summed E-state index contributed by atoms with van der Waals surface area (Å²) in [4.78, 5) is 14.7. The van der Waals surface area contributed by atoms with E-state index < -0.39 is 0 Å². The van der Waals surface area contributed by atoms with Crippen LogP contribution in [0.1, 0.15) is 19.5 Å². The van der Waals surface area contributed by atoms with Gasteiger partial charge < -0.3 is 4.74 Å². The highest BCUT2D eigenvalue weighted by atomic mass is 16.5. The molecule has 0 aliphatic carbocycles. The van der Waals surface area contributed by atoms with Crippen LogP contribution < -0.4 is 0 Å². The number of rotatable bonds is 5. The van der Waals surface area contributed by atoms with E-state index in [1.54, 1.807) is 4.68 Å². The first kappa shape index (κ1) is 18.7. The molecule has 7 nitrogen and oxygen atoms in total. The molecule has 1 aromatic carbocycles. The quantitative estimate of drug-likeness (QED) is 0.677. The first-order valence-electron chi connectivity index (χ1n) is 9.61. The number of nitrogens with zero attached hydrogens (tertiary/aromatic N) is 5. The zero-order valence-electron chi connectivity index (χ0n) is 16.5. The third-order valence-corrected chi connectivity index (χ3v) is 4.95. The summed E-state index contributed by atoms with van der Waals surface area (Å²) in [7, 11) is 1.90. The van der Waals surface area contributed by atoms with Gasteiger partial charge in [0.05, 0.1) is 42.6 Å². The van der Waals surface area contributed by atoms with Crippen LogP contribution in [0.15, 0.2) is 36.7 Å². The summed E-state index contributed by atoms with van der Waals surface area (Å²) in [6, 6.07) is 8.00. The van der Waals surface area contributed by atoms with Gasteiger partial charge in [-0.2, -0.15) is 15.3 Å². The molecule has 0 spiro atoms. The van der Waals surface area contributed by atoms with Crippen molar-refractivity contribution in [2.24, 2.45) is 7.05 Å². The number of aryl methyl sites for hydroxylation is 1. The maximum Gasteiger partial charge on any atom is 0.152 e. The smallest absolute Gasteiger partial charge is 0.152 e. The Kier molecular flexibility index (Phi) is 5.19. The van der Waals surface area contributed by atoms with Crippen molar-refractivity contribution in [1.82, 2.24) is 24.9 Å². The fourth-order valence-electron chi connectivity index (χ4n) is 3.84. The number of hydrogen-bond acceptors (Lipinski definition) is 6. The van der Waals surface area contributed by atoms with Gasteiger partial charge in [0.15, 0.2) is 5.78 Å². The Morgan fingerprint density at radius 1 is 1.14 bits per heavy atom. The van der Waals surface area contributed by atoms with Crippen LogP contribution in [0.4, 0.5) is 0 Å². The molecule has 1 aliphatic rings. The number of ether oxygens (including phenoxy) is 1. The molecular weight excluding hydrogens is 354 g/mol. The van der Waals surface area contributed by atoms with E-state index in [0.717, 1.165) is 35.1 Å². The topological polar surface area (TPSA) is 73.1 Å². The second-order valence-electron chi connectivity index (χ2n) is 7.68. The van der Waals surface area contributed by atoms with Crippen molar-refractivity contribution in [1.29, 1.82) is 0 Å². The lowest BCUT2D eigenvalue weighted by atomic mass is 10.1. The summed E-state index contributed by atoms with van der Waals surface area (Å²) in [5, 5.41) is 13.7. The number of benzene rings is 1. The average molecular weight is 379 g/mol. The molecular formula is C21H25N5O2. The van der Waals surface area contributed by atoms with Gasteiger partial charge in [-0.05, 0) is 37.6 Å². The van der Waals surface area contributed by atoms with Gasteiger partial charge in [-0.3, -0.25) is 14.4 Å². The van der Waals surface area contributed by atoms with E-state index in [1.807, 2.05) is 51.5 Å². The van der Waals surface area contributed by atoms with E-state index in [1.165, 1.54) is 0 Å². The second-order valence-corrected chi connectivity index (χ2v) is 7.68. The summed E-state index contributed by atoms with van der Waals surface area (Å²) < 4.78 is 7.51. The van der Waals surface area contributed by atoms with Crippen molar-refractivity contribution in [3.8, 4) is 11.1 Å². The molecule has 3 aromatic rings. The Balaban J connectivity index is 1.48. The highest BCUT2D eigenvalue weighted by Gasteiger charge is 2.23. The van der Waals surface area contributed by atoms with Crippen molar-refractivity contribution in [3.63, 3.8) is 0 Å². The highest BCUT2D eigenvalue weighted by Crippen LogP contribution is 2.23. The van der Waals surface area contributed by atoms with Crippen molar-refractivity contribution >= 4 is 16.7 Å². The van der Waals surface area contributed by atoms with E-state index in [-0.39, 0.29) is 18.0 Å². The first-order valence-corrected chi connectivity index (χ1v) is 9.61. The number of aromatic nitrogens is 4. The molecule has 0 amide bonds. The van der Waals surface area contributed by atoms with Crippen LogP contribution in [0.25, 0.3) is 22.0 Å². The average Bonchev–Trinajstić information content (AvgIpc) is 3.06. The molecule has 2 aromatic heterocycles. The van der Waals surface area contributed by atoms with E-state index in [0.29, 0.717) is 18.7 Å². The SMILES string of the molecule is C[C@@H]1CN(CC(=O)Cc2cc3cc(-c4cnn(C)c4)ccc3nn2)C[C@H](C)O1. The fraction of sp³-hybridized carbons (Fsp3) is 0.429.